The van der Waals surface area contributed by atoms with Gasteiger partial charge in [-0.3, -0.25) is 4.98 Å². The van der Waals surface area contributed by atoms with E-state index in [1.807, 2.05) is 0 Å². The van der Waals surface area contributed by atoms with Gasteiger partial charge in [-0.2, -0.15) is 0 Å². The molecule has 0 saturated heterocycles. The standard InChI is InChI=1S/C7H9NO2.ClH/c9-4-6-1-2-7(5-10)8-3-6;/h1-3,9-10H,4-5H2;1H. The van der Waals surface area contributed by atoms with Gasteiger partial charge in [-0.25, -0.2) is 0 Å². The third kappa shape index (κ3) is 2.84. The molecule has 0 bridgehead atoms. The molecule has 1 aromatic rings. The highest BCUT2D eigenvalue weighted by molar-refractivity contribution is 5.85. The predicted octanol–water partition coefficient (Wildman–Crippen LogP) is 0.488. The molecule has 0 unspecified atom stereocenters. The van der Waals surface area contributed by atoms with Gasteiger partial charge in [0.25, 0.3) is 0 Å². The van der Waals surface area contributed by atoms with Gasteiger partial charge in [-0.15, -0.1) is 12.4 Å². The fourth-order valence-corrected chi connectivity index (χ4v) is 0.642. The van der Waals surface area contributed by atoms with Crippen molar-refractivity contribution in [3.63, 3.8) is 0 Å². The predicted molar refractivity (Wildman–Crippen MR) is 43.3 cm³/mol. The van der Waals surface area contributed by atoms with Gasteiger partial charge in [-0.05, 0) is 11.6 Å². The second-order valence-electron chi connectivity index (χ2n) is 1.97. The average molecular weight is 176 g/mol. The summed E-state index contributed by atoms with van der Waals surface area (Å²) in [6, 6.07) is 3.42. The maximum atomic E-state index is 8.60. The van der Waals surface area contributed by atoms with Crippen LogP contribution in [0.1, 0.15) is 11.3 Å². The zero-order valence-electron chi connectivity index (χ0n) is 5.90. The maximum Gasteiger partial charge on any atom is 0.0852 e. The largest absolute Gasteiger partial charge is 0.392 e. The molecule has 1 rings (SSSR count). The van der Waals surface area contributed by atoms with Gasteiger partial charge >= 0.3 is 0 Å². The lowest BCUT2D eigenvalue weighted by Gasteiger charge is -1.95. The van der Waals surface area contributed by atoms with E-state index in [1.54, 1.807) is 18.3 Å². The van der Waals surface area contributed by atoms with Crippen molar-refractivity contribution in [3.05, 3.63) is 29.6 Å². The Hall–Kier alpha value is -0.640. The normalized spacial score (nSPS) is 8.91. The van der Waals surface area contributed by atoms with Gasteiger partial charge < -0.3 is 10.2 Å². The Morgan fingerprint density at radius 3 is 2.27 bits per heavy atom. The highest BCUT2D eigenvalue weighted by atomic mass is 35.5. The summed E-state index contributed by atoms with van der Waals surface area (Å²) in [5.41, 5.74) is 1.38. The quantitative estimate of drug-likeness (QED) is 0.688. The Kier molecular flexibility index (Phi) is 4.77. The summed E-state index contributed by atoms with van der Waals surface area (Å²) in [7, 11) is 0. The molecule has 0 amide bonds. The summed E-state index contributed by atoms with van der Waals surface area (Å²) in [6.07, 6.45) is 1.55. The molecular weight excluding hydrogens is 166 g/mol. The molecule has 0 aliphatic heterocycles. The first-order chi connectivity index (χ1) is 4.86. The first kappa shape index (κ1) is 10.4. The summed E-state index contributed by atoms with van der Waals surface area (Å²) in [4.78, 5) is 3.86. The van der Waals surface area contributed by atoms with Crippen molar-refractivity contribution in [1.82, 2.24) is 4.98 Å². The molecular formula is C7H10ClNO2. The molecule has 0 aromatic carbocycles. The van der Waals surface area contributed by atoms with Crippen LogP contribution in [0.15, 0.2) is 18.3 Å². The van der Waals surface area contributed by atoms with E-state index in [1.165, 1.54) is 0 Å². The van der Waals surface area contributed by atoms with E-state index in [0.717, 1.165) is 5.56 Å². The number of hydrogen-bond donors (Lipinski definition) is 2. The van der Waals surface area contributed by atoms with Crippen LogP contribution in [0.2, 0.25) is 0 Å². The molecule has 62 valence electrons. The Morgan fingerprint density at radius 2 is 1.91 bits per heavy atom. The minimum atomic E-state index is -0.0499. The number of halogens is 1. The van der Waals surface area contributed by atoms with Crippen molar-refractivity contribution in [3.8, 4) is 0 Å². The SMILES string of the molecule is Cl.OCc1ccc(CO)nc1. The number of aromatic nitrogens is 1. The van der Waals surface area contributed by atoms with E-state index in [4.69, 9.17) is 10.2 Å². The van der Waals surface area contributed by atoms with Crippen molar-refractivity contribution >= 4 is 12.4 Å². The monoisotopic (exact) mass is 175 g/mol. The van der Waals surface area contributed by atoms with Crippen LogP contribution in [0, 0.1) is 0 Å². The first-order valence-electron chi connectivity index (χ1n) is 3.02. The van der Waals surface area contributed by atoms with Crippen LogP contribution in [-0.2, 0) is 13.2 Å². The molecule has 1 aromatic heterocycles. The average Bonchev–Trinajstić information content (AvgIpc) is 2.05. The van der Waals surface area contributed by atoms with Gasteiger partial charge in [0, 0.05) is 6.20 Å². The van der Waals surface area contributed by atoms with Crippen molar-refractivity contribution in [1.29, 1.82) is 0 Å². The summed E-state index contributed by atoms with van der Waals surface area (Å²) < 4.78 is 0. The Bertz CT molecular complexity index is 177. The van der Waals surface area contributed by atoms with Crippen LogP contribution in [0.25, 0.3) is 0 Å². The maximum absolute atomic E-state index is 8.60. The van der Waals surface area contributed by atoms with Crippen LogP contribution in [-0.4, -0.2) is 15.2 Å². The van der Waals surface area contributed by atoms with Crippen molar-refractivity contribution in [2.24, 2.45) is 0 Å². The third-order valence-electron chi connectivity index (χ3n) is 1.23. The summed E-state index contributed by atoms with van der Waals surface area (Å²) >= 11 is 0. The lowest BCUT2D eigenvalue weighted by atomic mass is 10.3. The molecule has 0 aliphatic carbocycles. The van der Waals surface area contributed by atoms with Crippen molar-refractivity contribution in [2.75, 3.05) is 0 Å². The van der Waals surface area contributed by atoms with Crippen LogP contribution >= 0.6 is 12.4 Å². The molecule has 2 N–H and O–H groups in total. The number of aliphatic hydroxyl groups is 2. The molecule has 0 radical (unpaired) electrons. The number of nitrogens with zero attached hydrogens (tertiary/aromatic N) is 1. The zero-order valence-corrected chi connectivity index (χ0v) is 6.71. The first-order valence-corrected chi connectivity index (χ1v) is 3.02. The smallest absolute Gasteiger partial charge is 0.0852 e. The molecule has 4 heteroatoms. The highest BCUT2D eigenvalue weighted by Gasteiger charge is 1.91. The van der Waals surface area contributed by atoms with Gasteiger partial charge in [0.1, 0.15) is 0 Å². The Balaban J connectivity index is 0.000001000. The third-order valence-corrected chi connectivity index (χ3v) is 1.23. The molecule has 0 saturated carbocycles. The lowest BCUT2D eigenvalue weighted by Crippen LogP contribution is -1.90. The van der Waals surface area contributed by atoms with E-state index in [-0.39, 0.29) is 25.6 Å². The number of pyridine rings is 1. The second-order valence-corrected chi connectivity index (χ2v) is 1.97. The molecule has 0 spiro atoms. The second kappa shape index (κ2) is 5.07. The van der Waals surface area contributed by atoms with Gasteiger partial charge in [0.15, 0.2) is 0 Å². The topological polar surface area (TPSA) is 53.4 Å². The molecule has 1 heterocycles. The Labute approximate surface area is 71.1 Å². The van der Waals surface area contributed by atoms with E-state index >= 15 is 0 Å². The number of hydrogen-bond acceptors (Lipinski definition) is 3. The highest BCUT2D eigenvalue weighted by Crippen LogP contribution is 1.98. The molecule has 3 nitrogen and oxygen atoms in total. The van der Waals surface area contributed by atoms with Crippen LogP contribution in [0.3, 0.4) is 0 Å². The Morgan fingerprint density at radius 1 is 1.18 bits per heavy atom. The van der Waals surface area contributed by atoms with E-state index < -0.39 is 0 Å². The lowest BCUT2D eigenvalue weighted by molar-refractivity contribution is 0.273. The molecule has 11 heavy (non-hydrogen) atoms. The zero-order chi connectivity index (χ0) is 7.40. The van der Waals surface area contributed by atoms with Gasteiger partial charge in [0.05, 0.1) is 18.9 Å². The summed E-state index contributed by atoms with van der Waals surface area (Å²) in [5.74, 6) is 0. The summed E-state index contributed by atoms with van der Waals surface area (Å²) in [5, 5.41) is 17.2. The van der Waals surface area contributed by atoms with Crippen molar-refractivity contribution in [2.45, 2.75) is 13.2 Å². The van der Waals surface area contributed by atoms with Crippen LogP contribution < -0.4 is 0 Å². The summed E-state index contributed by atoms with van der Waals surface area (Å²) in [6.45, 7) is -0.0512. The fourth-order valence-electron chi connectivity index (χ4n) is 0.642. The fraction of sp³-hybridized carbons (Fsp3) is 0.286. The minimum Gasteiger partial charge on any atom is -0.392 e. The van der Waals surface area contributed by atoms with E-state index in [0.29, 0.717) is 5.69 Å². The van der Waals surface area contributed by atoms with E-state index in [2.05, 4.69) is 4.98 Å². The molecule has 0 fully saturated rings. The van der Waals surface area contributed by atoms with E-state index in [9.17, 15) is 0 Å². The van der Waals surface area contributed by atoms with Crippen LogP contribution in [0.5, 0.6) is 0 Å². The number of rotatable bonds is 2. The number of aliphatic hydroxyl groups excluding tert-OH is 2. The minimum absolute atomic E-state index is 0. The van der Waals surface area contributed by atoms with Crippen LogP contribution in [0.4, 0.5) is 0 Å². The molecule has 0 atom stereocenters. The van der Waals surface area contributed by atoms with Gasteiger partial charge in [0.2, 0.25) is 0 Å². The van der Waals surface area contributed by atoms with Gasteiger partial charge in [-0.1, -0.05) is 6.07 Å². The van der Waals surface area contributed by atoms with Crippen molar-refractivity contribution < 1.29 is 10.2 Å². The molecule has 0 aliphatic rings.